The van der Waals surface area contributed by atoms with Crippen LogP contribution in [0.5, 0.6) is 0 Å². The fraction of sp³-hybridized carbons (Fsp3) is 0.258. The molecule has 0 radical (unpaired) electrons. The van der Waals surface area contributed by atoms with Crippen LogP contribution in [0.2, 0.25) is 0 Å². The van der Waals surface area contributed by atoms with E-state index in [1.807, 2.05) is 75.4 Å². The number of aromatic amines is 1. The Kier molecular flexibility index (Phi) is 5.97. The van der Waals surface area contributed by atoms with Crippen molar-refractivity contribution in [1.82, 2.24) is 9.88 Å². The zero-order valence-electron chi connectivity index (χ0n) is 21.1. The van der Waals surface area contributed by atoms with E-state index in [1.165, 1.54) is 0 Å². The van der Waals surface area contributed by atoms with Gasteiger partial charge in [-0.3, -0.25) is 4.79 Å². The minimum atomic E-state index is -0.890. The van der Waals surface area contributed by atoms with E-state index in [9.17, 15) is 15.0 Å². The zero-order chi connectivity index (χ0) is 25.6. The third-order valence-corrected chi connectivity index (χ3v) is 7.67. The van der Waals surface area contributed by atoms with E-state index in [2.05, 4.69) is 23.2 Å². The number of rotatable bonds is 7. The number of nitrogens with zero attached hydrogens (tertiary/aromatic N) is 1. The van der Waals surface area contributed by atoms with Gasteiger partial charge >= 0.3 is 0 Å². The number of amides is 1. The molecule has 36 heavy (non-hydrogen) atoms. The number of aliphatic hydroxyl groups is 2. The topological polar surface area (TPSA) is 76.6 Å². The van der Waals surface area contributed by atoms with Gasteiger partial charge in [-0.15, -0.1) is 0 Å². The lowest BCUT2D eigenvalue weighted by Gasteiger charge is -2.48. The van der Waals surface area contributed by atoms with Gasteiger partial charge in [0.05, 0.1) is 17.4 Å². The van der Waals surface area contributed by atoms with Gasteiger partial charge in [0.1, 0.15) is 5.76 Å². The molecule has 1 aromatic heterocycles. The van der Waals surface area contributed by atoms with Crippen LogP contribution in [-0.2, 0) is 16.8 Å². The molecule has 1 heterocycles. The summed E-state index contributed by atoms with van der Waals surface area (Å²) in [6.45, 7) is 6.36. The Bertz CT molecular complexity index is 1450. The van der Waals surface area contributed by atoms with E-state index >= 15 is 0 Å². The van der Waals surface area contributed by atoms with Gasteiger partial charge in [0.2, 0.25) is 6.41 Å². The fourth-order valence-corrected chi connectivity index (χ4v) is 5.52. The smallest absolute Gasteiger partial charge is 0.209 e. The van der Waals surface area contributed by atoms with Crippen molar-refractivity contribution in [3.05, 3.63) is 118 Å². The Balaban J connectivity index is 1.73. The van der Waals surface area contributed by atoms with Gasteiger partial charge in [0, 0.05) is 41.3 Å². The maximum atomic E-state index is 11.7. The number of aromatic nitrogens is 1. The quantitative estimate of drug-likeness (QED) is 0.299. The molecular weight excluding hydrogens is 448 g/mol. The summed E-state index contributed by atoms with van der Waals surface area (Å²) in [5, 5.41) is 24.3. The number of carbonyl (C=O) groups excluding carboxylic acids is 1. The Morgan fingerprint density at radius 3 is 2.33 bits per heavy atom. The summed E-state index contributed by atoms with van der Waals surface area (Å²) in [7, 11) is 1.75. The van der Waals surface area contributed by atoms with Crippen LogP contribution in [0.15, 0.2) is 84.1 Å². The fourth-order valence-electron chi connectivity index (χ4n) is 5.52. The normalized spacial score (nSPS) is 20.3. The molecule has 5 rings (SSSR count). The van der Waals surface area contributed by atoms with E-state index in [1.54, 1.807) is 11.9 Å². The first-order valence-electron chi connectivity index (χ1n) is 12.3. The van der Waals surface area contributed by atoms with Crippen LogP contribution in [0.1, 0.15) is 46.4 Å². The van der Waals surface area contributed by atoms with Crippen molar-refractivity contribution in [3.8, 4) is 0 Å². The van der Waals surface area contributed by atoms with Gasteiger partial charge in [0.25, 0.3) is 0 Å². The van der Waals surface area contributed by atoms with Gasteiger partial charge in [-0.1, -0.05) is 72.3 Å². The average Bonchev–Trinajstić information content (AvgIpc) is 3.23. The molecule has 0 aliphatic heterocycles. The summed E-state index contributed by atoms with van der Waals surface area (Å²) in [5.41, 5.74) is 6.60. The molecule has 1 aliphatic carbocycles. The number of nitrogens with one attached hydrogen (secondary N) is 1. The van der Waals surface area contributed by atoms with Crippen LogP contribution < -0.4 is 0 Å². The van der Waals surface area contributed by atoms with Crippen LogP contribution in [0, 0.1) is 13.8 Å². The van der Waals surface area contributed by atoms with E-state index in [0.29, 0.717) is 12.1 Å². The number of aliphatic hydroxyl groups excluding tert-OH is 2. The third kappa shape index (κ3) is 3.71. The van der Waals surface area contributed by atoms with Crippen molar-refractivity contribution >= 4 is 17.3 Å². The second kappa shape index (κ2) is 8.99. The standard InChI is InChI=1S/C31H32N2O3/c1-19-10-13-22(14-11-19)31(3)29(35)27(30(31)36)26(21-8-6-5-7-9-21)28-24(17-33(4)18-34)23-15-12-20(2)16-25(23)32-28/h5-16,18,26,29,32,35-36H,17H2,1-4H3. The third-order valence-electron chi connectivity index (χ3n) is 7.67. The van der Waals surface area contributed by atoms with Crippen LogP contribution in [0.25, 0.3) is 10.9 Å². The summed E-state index contributed by atoms with van der Waals surface area (Å²) >= 11 is 0. The van der Waals surface area contributed by atoms with Crippen molar-refractivity contribution in [2.24, 2.45) is 0 Å². The second-order valence-corrected chi connectivity index (χ2v) is 10.2. The molecule has 1 amide bonds. The highest BCUT2D eigenvalue weighted by Crippen LogP contribution is 2.54. The molecule has 5 nitrogen and oxygen atoms in total. The first kappa shape index (κ1) is 23.9. The molecule has 3 aromatic carbocycles. The van der Waals surface area contributed by atoms with E-state index in [4.69, 9.17) is 0 Å². The number of carbonyl (C=O) groups is 1. The SMILES string of the molecule is Cc1ccc(C2(C)C(O)=C(C(c3ccccc3)c3[nH]c4cc(C)ccc4c3CN(C)C=O)C2O)cc1. The highest BCUT2D eigenvalue weighted by Gasteiger charge is 2.54. The second-order valence-electron chi connectivity index (χ2n) is 10.2. The number of hydrogen-bond acceptors (Lipinski definition) is 3. The molecule has 5 heteroatoms. The van der Waals surface area contributed by atoms with Gasteiger partial charge < -0.3 is 20.1 Å². The lowest BCUT2D eigenvalue weighted by Crippen LogP contribution is -2.51. The van der Waals surface area contributed by atoms with E-state index in [0.717, 1.165) is 50.8 Å². The largest absolute Gasteiger partial charge is 0.511 e. The van der Waals surface area contributed by atoms with Crippen LogP contribution >= 0.6 is 0 Å². The molecule has 3 unspecified atom stereocenters. The Morgan fingerprint density at radius 1 is 1.03 bits per heavy atom. The molecule has 3 atom stereocenters. The molecule has 0 saturated heterocycles. The molecule has 0 bridgehead atoms. The first-order chi connectivity index (χ1) is 17.3. The van der Waals surface area contributed by atoms with Crippen molar-refractivity contribution in [2.45, 2.75) is 44.8 Å². The average molecular weight is 481 g/mol. The number of fused-ring (bicyclic) bond motifs is 1. The van der Waals surface area contributed by atoms with Crippen molar-refractivity contribution in [3.63, 3.8) is 0 Å². The lowest BCUT2D eigenvalue weighted by atomic mass is 9.59. The predicted molar refractivity (Wildman–Crippen MR) is 143 cm³/mol. The minimum Gasteiger partial charge on any atom is -0.511 e. The van der Waals surface area contributed by atoms with Crippen LogP contribution in [-0.4, -0.2) is 39.7 Å². The highest BCUT2D eigenvalue weighted by molar-refractivity contribution is 5.86. The molecule has 4 aromatic rings. The summed E-state index contributed by atoms with van der Waals surface area (Å²) in [6.07, 6.45) is -0.0623. The number of benzene rings is 3. The highest BCUT2D eigenvalue weighted by atomic mass is 16.3. The molecule has 1 aliphatic rings. The summed E-state index contributed by atoms with van der Waals surface area (Å²) < 4.78 is 0. The van der Waals surface area contributed by atoms with Crippen molar-refractivity contribution < 1.29 is 15.0 Å². The molecule has 0 spiro atoms. The monoisotopic (exact) mass is 480 g/mol. The minimum absolute atomic E-state index is 0.192. The maximum Gasteiger partial charge on any atom is 0.209 e. The van der Waals surface area contributed by atoms with Crippen LogP contribution in [0.3, 0.4) is 0 Å². The molecule has 0 fully saturated rings. The first-order valence-corrected chi connectivity index (χ1v) is 12.3. The van der Waals surface area contributed by atoms with Gasteiger partial charge in [-0.2, -0.15) is 0 Å². The Morgan fingerprint density at radius 2 is 1.69 bits per heavy atom. The molecular formula is C31H32N2O3. The molecule has 3 N–H and O–H groups in total. The predicted octanol–water partition coefficient (Wildman–Crippen LogP) is 5.65. The van der Waals surface area contributed by atoms with Gasteiger partial charge in [-0.05, 0) is 43.5 Å². The van der Waals surface area contributed by atoms with Crippen molar-refractivity contribution in [2.75, 3.05) is 7.05 Å². The number of hydrogen-bond donors (Lipinski definition) is 3. The van der Waals surface area contributed by atoms with Gasteiger partial charge in [-0.25, -0.2) is 0 Å². The molecule has 184 valence electrons. The summed E-state index contributed by atoms with van der Waals surface area (Å²) in [5.74, 6) is -0.209. The van der Waals surface area contributed by atoms with Gasteiger partial charge in [0.15, 0.2) is 0 Å². The molecule has 0 saturated carbocycles. The van der Waals surface area contributed by atoms with E-state index in [-0.39, 0.29) is 5.76 Å². The Hall–Kier alpha value is -3.83. The number of H-pyrrole nitrogens is 1. The lowest BCUT2D eigenvalue weighted by molar-refractivity contribution is -0.117. The van der Waals surface area contributed by atoms with E-state index < -0.39 is 17.4 Å². The summed E-state index contributed by atoms with van der Waals surface area (Å²) in [6, 6.07) is 24.1. The number of aryl methyl sites for hydroxylation is 2. The van der Waals surface area contributed by atoms with Crippen molar-refractivity contribution in [1.29, 1.82) is 0 Å². The Labute approximate surface area is 211 Å². The maximum absolute atomic E-state index is 11.7. The van der Waals surface area contributed by atoms with Crippen LogP contribution in [0.4, 0.5) is 0 Å². The zero-order valence-corrected chi connectivity index (χ0v) is 21.1. The summed E-state index contributed by atoms with van der Waals surface area (Å²) in [4.78, 5) is 16.8.